The number of nitrogens with zero attached hydrogens (tertiary/aromatic N) is 4. The van der Waals surface area contributed by atoms with Crippen molar-refractivity contribution in [1.29, 1.82) is 15.8 Å². The second-order valence-corrected chi connectivity index (χ2v) is 7.09. The zero-order chi connectivity index (χ0) is 23.9. The minimum Gasteiger partial charge on any atom is -0.457 e. The quantitative estimate of drug-likeness (QED) is 0.310. The Labute approximate surface area is 196 Å². The fourth-order valence-electron chi connectivity index (χ4n) is 3.25. The van der Waals surface area contributed by atoms with E-state index in [4.69, 9.17) is 31.8 Å². The molecule has 4 rings (SSSR count). The number of hydrogen-bond donors (Lipinski definition) is 0. The van der Waals surface area contributed by atoms with Crippen molar-refractivity contribution in [2.45, 2.75) is 0 Å². The van der Waals surface area contributed by atoms with E-state index in [-0.39, 0.29) is 11.1 Å². The molecule has 0 saturated carbocycles. The highest BCUT2D eigenvalue weighted by Gasteiger charge is 2.07. The molecule has 6 nitrogen and oxygen atoms in total. The van der Waals surface area contributed by atoms with Crippen molar-refractivity contribution in [2.75, 3.05) is 0 Å². The maximum Gasteiger partial charge on any atom is 0.204 e. The van der Waals surface area contributed by atoms with Crippen molar-refractivity contribution >= 4 is 5.69 Å². The smallest absolute Gasteiger partial charge is 0.204 e. The molecular weight excluding hydrogens is 424 g/mol. The van der Waals surface area contributed by atoms with Crippen molar-refractivity contribution in [1.82, 2.24) is 0 Å². The Bertz CT molecular complexity index is 1410. The Balaban J connectivity index is 1.46. The van der Waals surface area contributed by atoms with E-state index >= 15 is 0 Å². The number of ether oxygens (including phenoxy) is 2. The van der Waals surface area contributed by atoms with Gasteiger partial charge < -0.3 is 9.47 Å². The predicted molar refractivity (Wildman–Crippen MR) is 125 cm³/mol. The summed E-state index contributed by atoms with van der Waals surface area (Å²) in [5, 5.41) is 27.4. The van der Waals surface area contributed by atoms with Gasteiger partial charge in [-0.3, -0.25) is 0 Å². The summed E-state index contributed by atoms with van der Waals surface area (Å²) in [6.07, 6.45) is 0. The van der Waals surface area contributed by atoms with Gasteiger partial charge in [0.25, 0.3) is 0 Å². The van der Waals surface area contributed by atoms with Gasteiger partial charge in [-0.2, -0.15) is 15.8 Å². The summed E-state index contributed by atoms with van der Waals surface area (Å²) in [5.41, 5.74) is 3.10. The molecule has 6 heteroatoms. The summed E-state index contributed by atoms with van der Waals surface area (Å²) >= 11 is 0. The molecule has 0 aromatic heterocycles. The molecule has 0 atom stereocenters. The van der Waals surface area contributed by atoms with Crippen LogP contribution in [-0.4, -0.2) is 0 Å². The lowest BCUT2D eigenvalue weighted by Gasteiger charge is -2.09. The fourth-order valence-corrected chi connectivity index (χ4v) is 3.25. The average Bonchev–Trinajstić information content (AvgIpc) is 2.89. The summed E-state index contributed by atoms with van der Waals surface area (Å²) in [4.78, 5) is 3.32. The van der Waals surface area contributed by atoms with Gasteiger partial charge in [-0.1, -0.05) is 30.3 Å². The highest BCUT2D eigenvalue weighted by molar-refractivity contribution is 5.65. The first kappa shape index (κ1) is 21.7. The number of benzene rings is 4. The molecule has 0 aliphatic carbocycles. The first-order chi connectivity index (χ1) is 16.6. The third kappa shape index (κ3) is 4.68. The zero-order valence-corrected chi connectivity index (χ0v) is 17.7. The minimum atomic E-state index is 0.269. The van der Waals surface area contributed by atoms with Gasteiger partial charge >= 0.3 is 0 Å². The van der Waals surface area contributed by atoms with Crippen LogP contribution in [0.4, 0.5) is 5.69 Å². The van der Waals surface area contributed by atoms with E-state index in [0.717, 1.165) is 11.1 Å². The molecule has 0 spiro atoms. The van der Waals surface area contributed by atoms with Crippen LogP contribution in [0, 0.1) is 40.6 Å². The predicted octanol–water partition coefficient (Wildman–Crippen LogP) is 7.10. The lowest BCUT2D eigenvalue weighted by Crippen LogP contribution is -1.89. The molecule has 0 heterocycles. The second-order valence-electron chi connectivity index (χ2n) is 7.09. The van der Waals surface area contributed by atoms with Gasteiger partial charge in [0.15, 0.2) is 0 Å². The third-order valence-electron chi connectivity index (χ3n) is 4.95. The normalized spacial score (nSPS) is 9.65. The standard InChI is InChI=1S/C28H14N4O2/c1-32-28-13-12-27(15-23(28)18-31)34-25-9-4-20(5-10-25)19-2-7-24(8-3-19)33-26-11-6-21(16-29)22(14-26)17-30/h2-15H. The monoisotopic (exact) mass is 438 g/mol. The number of hydrogen-bond acceptors (Lipinski definition) is 5. The van der Waals surface area contributed by atoms with Crippen LogP contribution in [0.3, 0.4) is 0 Å². The van der Waals surface area contributed by atoms with Crippen LogP contribution in [0.1, 0.15) is 16.7 Å². The zero-order valence-electron chi connectivity index (χ0n) is 17.7. The van der Waals surface area contributed by atoms with Crippen LogP contribution in [0.5, 0.6) is 23.0 Å². The largest absolute Gasteiger partial charge is 0.457 e. The van der Waals surface area contributed by atoms with Crippen molar-refractivity contribution in [3.63, 3.8) is 0 Å². The van der Waals surface area contributed by atoms with E-state index in [1.54, 1.807) is 36.4 Å². The van der Waals surface area contributed by atoms with Gasteiger partial charge in [-0.25, -0.2) is 4.85 Å². The van der Waals surface area contributed by atoms with Gasteiger partial charge in [0.2, 0.25) is 5.69 Å². The first-order valence-corrected chi connectivity index (χ1v) is 10.1. The highest BCUT2D eigenvalue weighted by Crippen LogP contribution is 2.31. The molecule has 34 heavy (non-hydrogen) atoms. The Morgan fingerprint density at radius 2 is 0.971 bits per heavy atom. The van der Waals surface area contributed by atoms with Crippen LogP contribution in [0.15, 0.2) is 84.9 Å². The topological polar surface area (TPSA) is 94.2 Å². The van der Waals surface area contributed by atoms with Gasteiger partial charge in [-0.05, 0) is 65.7 Å². The summed E-state index contributed by atoms with van der Waals surface area (Å²) in [7, 11) is 0. The van der Waals surface area contributed by atoms with Gasteiger partial charge in [0.1, 0.15) is 35.1 Å². The van der Waals surface area contributed by atoms with E-state index in [9.17, 15) is 0 Å². The van der Waals surface area contributed by atoms with Crippen molar-refractivity contribution < 1.29 is 9.47 Å². The van der Waals surface area contributed by atoms with E-state index in [1.165, 1.54) is 0 Å². The lowest BCUT2D eigenvalue weighted by molar-refractivity contribution is 0.482. The fraction of sp³-hybridized carbons (Fsp3) is 0. The van der Waals surface area contributed by atoms with Gasteiger partial charge in [0.05, 0.1) is 29.3 Å². The summed E-state index contributed by atoms with van der Waals surface area (Å²) in [6.45, 7) is 7.09. The van der Waals surface area contributed by atoms with E-state index in [1.807, 2.05) is 66.7 Å². The Morgan fingerprint density at radius 1 is 0.529 bits per heavy atom. The van der Waals surface area contributed by atoms with Crippen molar-refractivity contribution in [3.8, 4) is 52.3 Å². The van der Waals surface area contributed by atoms with Crippen LogP contribution < -0.4 is 9.47 Å². The van der Waals surface area contributed by atoms with Crippen LogP contribution in [-0.2, 0) is 0 Å². The number of rotatable bonds is 5. The lowest BCUT2D eigenvalue weighted by atomic mass is 10.1. The SMILES string of the molecule is [C-]#[N+]c1ccc(Oc2ccc(-c3ccc(Oc4ccc(C#N)c(C#N)c4)cc3)cc2)cc1C#N. The van der Waals surface area contributed by atoms with Crippen molar-refractivity contribution in [2.24, 2.45) is 0 Å². The molecule has 0 N–H and O–H groups in total. The van der Waals surface area contributed by atoms with E-state index in [2.05, 4.69) is 4.85 Å². The molecule has 0 aliphatic heterocycles. The Morgan fingerprint density at radius 3 is 1.44 bits per heavy atom. The molecule has 0 unspecified atom stereocenters. The molecule has 0 fully saturated rings. The van der Waals surface area contributed by atoms with Crippen LogP contribution >= 0.6 is 0 Å². The number of nitriles is 3. The molecular formula is C28H14N4O2. The molecule has 0 aliphatic rings. The second kappa shape index (κ2) is 9.71. The van der Waals surface area contributed by atoms with Crippen LogP contribution in [0.25, 0.3) is 16.0 Å². The maximum atomic E-state index is 9.17. The molecule has 4 aromatic rings. The molecule has 0 radical (unpaired) electrons. The molecule has 4 aromatic carbocycles. The van der Waals surface area contributed by atoms with Crippen LogP contribution in [0.2, 0.25) is 0 Å². The van der Waals surface area contributed by atoms with E-state index < -0.39 is 0 Å². The van der Waals surface area contributed by atoms with Crippen molar-refractivity contribution in [3.05, 3.63) is 113 Å². The summed E-state index contributed by atoms with van der Waals surface area (Å²) < 4.78 is 11.6. The van der Waals surface area contributed by atoms with Gasteiger partial charge in [0, 0.05) is 0 Å². The molecule has 0 saturated heterocycles. The Hall–Kier alpha value is -5.56. The molecule has 0 bridgehead atoms. The minimum absolute atomic E-state index is 0.269. The average molecular weight is 438 g/mol. The summed E-state index contributed by atoms with van der Waals surface area (Å²) in [5.74, 6) is 2.18. The summed E-state index contributed by atoms with van der Waals surface area (Å²) in [6, 6.07) is 30.5. The molecule has 0 amide bonds. The third-order valence-corrected chi connectivity index (χ3v) is 4.95. The Kier molecular flexibility index (Phi) is 6.19. The van der Waals surface area contributed by atoms with Gasteiger partial charge in [-0.15, -0.1) is 0 Å². The van der Waals surface area contributed by atoms with E-state index in [0.29, 0.717) is 34.2 Å². The maximum absolute atomic E-state index is 9.17. The molecule has 158 valence electrons. The first-order valence-electron chi connectivity index (χ1n) is 10.1. The highest BCUT2D eigenvalue weighted by atomic mass is 16.5.